The van der Waals surface area contributed by atoms with E-state index in [0.717, 1.165) is 11.6 Å². The predicted octanol–water partition coefficient (Wildman–Crippen LogP) is 5.14. The number of aryl methyl sites for hydroxylation is 1. The van der Waals surface area contributed by atoms with E-state index in [1.165, 1.54) is 16.5 Å². The van der Waals surface area contributed by atoms with Gasteiger partial charge in [-0.25, -0.2) is 0 Å². The van der Waals surface area contributed by atoms with Crippen LogP contribution in [0.25, 0.3) is 33.3 Å². The Kier molecular flexibility index (Phi) is 4.15. The average Bonchev–Trinajstić information content (AvgIpc) is 2.99. The molecule has 0 fully saturated rings. The largest absolute Gasteiger partial charge is 0.463 e. The Hall–Kier alpha value is -2.43. The summed E-state index contributed by atoms with van der Waals surface area (Å²) < 4.78 is 9.02. The molecule has 25 heavy (non-hydrogen) atoms. The molecular formula is C20H15ClNO2S+. The zero-order valence-electron chi connectivity index (χ0n) is 13.5. The van der Waals surface area contributed by atoms with Crippen LogP contribution in [0.15, 0.2) is 57.9 Å². The molecule has 0 unspecified atom stereocenters. The highest BCUT2D eigenvalue weighted by molar-refractivity contribution is 7.18. The molecule has 0 saturated carbocycles. The summed E-state index contributed by atoms with van der Waals surface area (Å²) in [4.78, 5) is 12.7. The number of benzene rings is 2. The molecule has 124 valence electrons. The molecule has 0 saturated heterocycles. The van der Waals surface area contributed by atoms with Gasteiger partial charge in [0.25, 0.3) is 5.01 Å². The van der Waals surface area contributed by atoms with E-state index in [4.69, 9.17) is 16.0 Å². The van der Waals surface area contributed by atoms with Crippen LogP contribution in [-0.4, -0.2) is 0 Å². The zero-order valence-corrected chi connectivity index (χ0v) is 15.1. The van der Waals surface area contributed by atoms with Gasteiger partial charge in [0, 0.05) is 17.2 Å². The molecule has 2 aromatic carbocycles. The highest BCUT2D eigenvalue weighted by Crippen LogP contribution is 2.22. The van der Waals surface area contributed by atoms with Crippen molar-refractivity contribution in [3.63, 3.8) is 0 Å². The maximum absolute atomic E-state index is 12.7. The van der Waals surface area contributed by atoms with Gasteiger partial charge >= 0.3 is 0 Å². The van der Waals surface area contributed by atoms with Gasteiger partial charge in [0.05, 0.1) is 10.9 Å². The molecule has 0 aliphatic heterocycles. The molecule has 0 aliphatic rings. The average molecular weight is 369 g/mol. The first-order valence-electron chi connectivity index (χ1n) is 7.98. The zero-order chi connectivity index (χ0) is 17.4. The number of halogens is 1. The smallest absolute Gasteiger partial charge is 0.262 e. The van der Waals surface area contributed by atoms with Gasteiger partial charge < -0.3 is 4.42 Å². The highest BCUT2D eigenvalue weighted by Gasteiger charge is 2.16. The van der Waals surface area contributed by atoms with Crippen molar-refractivity contribution < 1.29 is 8.98 Å². The van der Waals surface area contributed by atoms with Crippen LogP contribution in [0.1, 0.15) is 17.5 Å². The summed E-state index contributed by atoms with van der Waals surface area (Å²) in [5, 5.41) is 2.11. The van der Waals surface area contributed by atoms with Crippen LogP contribution < -0.4 is 10.00 Å². The van der Waals surface area contributed by atoms with Gasteiger partial charge in [-0.05, 0) is 37.3 Å². The number of thiazole rings is 1. The number of nitrogens with zero attached hydrogens (tertiary/aromatic N) is 1. The van der Waals surface area contributed by atoms with Crippen LogP contribution in [0.4, 0.5) is 0 Å². The monoisotopic (exact) mass is 368 g/mol. The van der Waals surface area contributed by atoms with Crippen molar-refractivity contribution in [1.82, 2.24) is 0 Å². The lowest BCUT2D eigenvalue weighted by Gasteiger charge is -1.98. The van der Waals surface area contributed by atoms with E-state index < -0.39 is 0 Å². The summed E-state index contributed by atoms with van der Waals surface area (Å²) in [6, 6.07) is 13.4. The highest BCUT2D eigenvalue weighted by atomic mass is 35.5. The van der Waals surface area contributed by atoms with Gasteiger partial charge in [-0.15, -0.1) is 0 Å². The molecule has 2 heterocycles. The summed E-state index contributed by atoms with van der Waals surface area (Å²) in [6.07, 6.45) is 5.28. The standard InChI is InChI=1S/C20H15ClNO2S/c1-2-22-16-5-3-4-6-18(16)25-19(22)10-7-13-12-24-17-9-8-14(21)11-15(17)20(13)23/h3-12H,2H2,1H3/q+1/b10-7+. The maximum atomic E-state index is 12.7. The fraction of sp³-hybridized carbons (Fsp3) is 0.100. The Morgan fingerprint density at radius 3 is 2.88 bits per heavy atom. The summed E-state index contributed by atoms with van der Waals surface area (Å²) in [7, 11) is 0. The first-order valence-corrected chi connectivity index (χ1v) is 9.17. The maximum Gasteiger partial charge on any atom is 0.262 e. The van der Waals surface area contributed by atoms with Crippen molar-refractivity contribution >= 4 is 56.3 Å². The van der Waals surface area contributed by atoms with Crippen molar-refractivity contribution in [3.8, 4) is 0 Å². The minimum absolute atomic E-state index is 0.0795. The van der Waals surface area contributed by atoms with E-state index in [0.29, 0.717) is 21.6 Å². The fourth-order valence-electron chi connectivity index (χ4n) is 2.90. The van der Waals surface area contributed by atoms with E-state index in [-0.39, 0.29) is 5.43 Å². The second-order valence-electron chi connectivity index (χ2n) is 5.65. The molecule has 0 radical (unpaired) electrons. The Balaban J connectivity index is 1.81. The number of aromatic nitrogens is 1. The number of para-hydroxylation sites is 1. The fourth-order valence-corrected chi connectivity index (χ4v) is 4.20. The minimum Gasteiger partial charge on any atom is -0.463 e. The molecule has 0 atom stereocenters. The molecule has 2 aromatic heterocycles. The Bertz CT molecular complexity index is 1170. The van der Waals surface area contributed by atoms with Crippen LogP contribution in [0.2, 0.25) is 5.02 Å². The Morgan fingerprint density at radius 2 is 2.04 bits per heavy atom. The summed E-state index contributed by atoms with van der Waals surface area (Å²) in [5.41, 5.74) is 2.17. The topological polar surface area (TPSA) is 34.1 Å². The predicted molar refractivity (Wildman–Crippen MR) is 104 cm³/mol. The number of fused-ring (bicyclic) bond motifs is 2. The van der Waals surface area contributed by atoms with Crippen LogP contribution in [0, 0.1) is 0 Å². The summed E-state index contributed by atoms with van der Waals surface area (Å²) in [6.45, 7) is 2.98. The number of hydrogen-bond donors (Lipinski definition) is 0. The lowest BCUT2D eigenvalue weighted by molar-refractivity contribution is -0.665. The van der Waals surface area contributed by atoms with Crippen molar-refractivity contribution in [2.45, 2.75) is 13.5 Å². The molecule has 3 nitrogen and oxygen atoms in total. The third-order valence-corrected chi connectivity index (χ3v) is 5.49. The minimum atomic E-state index is -0.0795. The van der Waals surface area contributed by atoms with Gasteiger partial charge in [-0.1, -0.05) is 35.1 Å². The molecule has 0 spiro atoms. The Morgan fingerprint density at radius 1 is 1.20 bits per heavy atom. The van der Waals surface area contributed by atoms with Crippen LogP contribution >= 0.6 is 22.9 Å². The lowest BCUT2D eigenvalue weighted by atomic mass is 10.1. The van der Waals surface area contributed by atoms with Gasteiger partial charge in [0.15, 0.2) is 5.43 Å². The SMILES string of the molecule is CC[n+]1c(/C=C/c2coc3ccc(Cl)cc3c2=O)sc2ccccc21. The first kappa shape index (κ1) is 16.1. The second-order valence-corrected chi connectivity index (χ2v) is 7.14. The lowest BCUT2D eigenvalue weighted by Crippen LogP contribution is -2.33. The van der Waals surface area contributed by atoms with Crippen LogP contribution in [0.3, 0.4) is 0 Å². The van der Waals surface area contributed by atoms with Crippen LogP contribution in [-0.2, 0) is 6.54 Å². The van der Waals surface area contributed by atoms with Crippen molar-refractivity contribution in [1.29, 1.82) is 0 Å². The molecule has 4 rings (SSSR count). The summed E-state index contributed by atoms with van der Waals surface area (Å²) >= 11 is 7.70. The van der Waals surface area contributed by atoms with E-state index >= 15 is 0 Å². The van der Waals surface area contributed by atoms with E-state index in [1.807, 2.05) is 24.3 Å². The molecular weight excluding hydrogens is 354 g/mol. The van der Waals surface area contributed by atoms with E-state index in [2.05, 4.69) is 23.6 Å². The van der Waals surface area contributed by atoms with Gasteiger partial charge in [-0.3, -0.25) is 4.79 Å². The van der Waals surface area contributed by atoms with Crippen molar-refractivity contribution in [2.24, 2.45) is 0 Å². The molecule has 0 bridgehead atoms. The quantitative estimate of drug-likeness (QED) is 0.469. The molecule has 5 heteroatoms. The van der Waals surface area contributed by atoms with Crippen molar-refractivity contribution in [2.75, 3.05) is 0 Å². The summed E-state index contributed by atoms with van der Waals surface area (Å²) in [5.74, 6) is 0. The van der Waals surface area contributed by atoms with E-state index in [9.17, 15) is 4.79 Å². The third-order valence-electron chi connectivity index (χ3n) is 4.12. The molecule has 0 aliphatic carbocycles. The Labute approximate surface area is 153 Å². The number of rotatable bonds is 3. The third kappa shape index (κ3) is 2.88. The molecule has 0 N–H and O–H groups in total. The molecule has 4 aromatic rings. The van der Waals surface area contributed by atoms with Gasteiger partial charge in [0.2, 0.25) is 5.52 Å². The van der Waals surface area contributed by atoms with E-state index in [1.54, 1.807) is 29.5 Å². The molecule has 0 amide bonds. The van der Waals surface area contributed by atoms with Crippen molar-refractivity contribution in [3.05, 3.63) is 74.5 Å². The second kappa shape index (κ2) is 6.47. The van der Waals surface area contributed by atoms with Crippen LogP contribution in [0.5, 0.6) is 0 Å². The first-order chi connectivity index (χ1) is 12.2. The number of hydrogen-bond acceptors (Lipinski definition) is 3. The normalized spacial score (nSPS) is 11.8. The van der Waals surface area contributed by atoms with Gasteiger partial charge in [0.1, 0.15) is 23.1 Å². The van der Waals surface area contributed by atoms with Gasteiger partial charge in [-0.2, -0.15) is 4.57 Å².